The summed E-state index contributed by atoms with van der Waals surface area (Å²) in [6.07, 6.45) is 0. The second kappa shape index (κ2) is 12.5. The number of rotatable bonds is 9. The van der Waals surface area contributed by atoms with E-state index in [1.165, 1.54) is 0 Å². The molecule has 2 aromatic heterocycles. The van der Waals surface area contributed by atoms with Crippen LogP contribution in [0.2, 0.25) is 0 Å². The molecule has 0 unspecified atom stereocenters. The summed E-state index contributed by atoms with van der Waals surface area (Å²) in [6, 6.07) is 46.1. The average molecular weight is 605 g/mol. The monoisotopic (exact) mass is 604 g/mol. The molecule has 0 spiro atoms. The van der Waals surface area contributed by atoms with Gasteiger partial charge in [-0.05, 0) is 60.0 Å². The zero-order chi connectivity index (χ0) is 31.5. The van der Waals surface area contributed by atoms with Gasteiger partial charge < -0.3 is 4.74 Å². The Hall–Kier alpha value is -6.08. The third-order valence-electron chi connectivity index (χ3n) is 8.11. The van der Waals surface area contributed by atoms with Crippen LogP contribution in [0.1, 0.15) is 29.5 Å². The first-order valence-electron chi connectivity index (χ1n) is 15.3. The Morgan fingerprint density at radius 1 is 0.543 bits per heavy atom. The van der Waals surface area contributed by atoms with Gasteiger partial charge in [-0.3, -0.25) is 19.8 Å². The number of para-hydroxylation sites is 2. The van der Waals surface area contributed by atoms with E-state index in [2.05, 4.69) is 10.2 Å². The SMILES string of the molecule is CCOc1ccc(C(c2c(-c3ccccc3)[nH]n(-c3ccccc3)c2=O)c2c(-c3ccccc3)[nH]n(-c3ccccc3)c2=O)cc1. The summed E-state index contributed by atoms with van der Waals surface area (Å²) in [5.74, 6) is -0.0355. The lowest BCUT2D eigenvalue weighted by molar-refractivity contribution is 0.340. The highest BCUT2D eigenvalue weighted by atomic mass is 16.5. The van der Waals surface area contributed by atoms with Gasteiger partial charge in [0.05, 0.1) is 40.5 Å². The van der Waals surface area contributed by atoms with E-state index in [1.54, 1.807) is 9.36 Å². The van der Waals surface area contributed by atoms with Crippen LogP contribution in [0.15, 0.2) is 155 Å². The van der Waals surface area contributed by atoms with Crippen LogP contribution in [0.5, 0.6) is 5.75 Å². The van der Waals surface area contributed by atoms with E-state index in [0.717, 1.165) is 16.7 Å². The van der Waals surface area contributed by atoms with E-state index in [1.807, 2.05) is 153 Å². The number of aromatic amines is 2. The van der Waals surface area contributed by atoms with Crippen LogP contribution >= 0.6 is 0 Å². The molecule has 7 heteroatoms. The van der Waals surface area contributed by atoms with E-state index in [9.17, 15) is 9.59 Å². The first-order valence-corrected chi connectivity index (χ1v) is 15.3. The number of hydrogen-bond donors (Lipinski definition) is 2. The van der Waals surface area contributed by atoms with Crippen molar-refractivity contribution in [3.63, 3.8) is 0 Å². The molecular weight excluding hydrogens is 572 g/mol. The first-order chi connectivity index (χ1) is 22.6. The number of hydrogen-bond acceptors (Lipinski definition) is 3. The number of nitrogens with zero attached hydrogens (tertiary/aromatic N) is 2. The van der Waals surface area contributed by atoms with Gasteiger partial charge in [0.1, 0.15) is 5.75 Å². The number of nitrogens with one attached hydrogen (secondary N) is 2. The van der Waals surface area contributed by atoms with Crippen LogP contribution in [-0.2, 0) is 0 Å². The van der Waals surface area contributed by atoms with E-state index in [-0.39, 0.29) is 11.1 Å². The molecule has 7 rings (SSSR count). The second-order valence-corrected chi connectivity index (χ2v) is 10.9. The number of ether oxygens (including phenoxy) is 1. The fraction of sp³-hybridized carbons (Fsp3) is 0.0769. The highest BCUT2D eigenvalue weighted by Gasteiger charge is 2.33. The Bertz CT molecular complexity index is 2040. The smallest absolute Gasteiger partial charge is 0.276 e. The predicted molar refractivity (Wildman–Crippen MR) is 182 cm³/mol. The molecule has 0 atom stereocenters. The third kappa shape index (κ3) is 5.28. The van der Waals surface area contributed by atoms with Crippen molar-refractivity contribution in [2.45, 2.75) is 12.8 Å². The minimum atomic E-state index is -0.747. The Labute approximate surface area is 266 Å². The largest absolute Gasteiger partial charge is 0.494 e. The fourth-order valence-corrected chi connectivity index (χ4v) is 6.00. The van der Waals surface area contributed by atoms with Crippen molar-refractivity contribution in [1.82, 2.24) is 19.6 Å². The van der Waals surface area contributed by atoms with Crippen LogP contribution < -0.4 is 15.9 Å². The van der Waals surface area contributed by atoms with Gasteiger partial charge in [0, 0.05) is 5.92 Å². The molecule has 0 aliphatic rings. The molecule has 7 nitrogen and oxygen atoms in total. The maximum Gasteiger partial charge on any atom is 0.276 e. The van der Waals surface area contributed by atoms with Crippen molar-refractivity contribution in [2.24, 2.45) is 0 Å². The van der Waals surface area contributed by atoms with Gasteiger partial charge in [-0.1, -0.05) is 109 Å². The zero-order valence-corrected chi connectivity index (χ0v) is 25.3. The molecule has 0 amide bonds. The normalized spacial score (nSPS) is 11.2. The van der Waals surface area contributed by atoms with Crippen LogP contribution in [-0.4, -0.2) is 26.2 Å². The van der Waals surface area contributed by atoms with Crippen LogP contribution in [0.25, 0.3) is 33.9 Å². The van der Waals surface area contributed by atoms with Gasteiger partial charge >= 0.3 is 0 Å². The van der Waals surface area contributed by atoms with E-state index in [0.29, 0.717) is 46.2 Å². The van der Waals surface area contributed by atoms with Crippen molar-refractivity contribution in [3.05, 3.63) is 183 Å². The lowest BCUT2D eigenvalue weighted by atomic mass is 9.83. The molecule has 0 fully saturated rings. The van der Waals surface area contributed by atoms with Crippen molar-refractivity contribution in [3.8, 4) is 39.6 Å². The lowest BCUT2D eigenvalue weighted by Crippen LogP contribution is -2.25. The van der Waals surface area contributed by atoms with Crippen molar-refractivity contribution in [1.29, 1.82) is 0 Å². The summed E-state index contributed by atoms with van der Waals surface area (Å²) in [5, 5.41) is 6.82. The molecule has 46 heavy (non-hydrogen) atoms. The van der Waals surface area contributed by atoms with Crippen LogP contribution in [0, 0.1) is 0 Å². The predicted octanol–water partition coefficient (Wildman–Crippen LogP) is 7.56. The average Bonchev–Trinajstić information content (AvgIpc) is 3.64. The Balaban J connectivity index is 1.58. The maximum absolute atomic E-state index is 14.7. The maximum atomic E-state index is 14.7. The second-order valence-electron chi connectivity index (χ2n) is 10.9. The van der Waals surface area contributed by atoms with Gasteiger partial charge in [-0.15, -0.1) is 0 Å². The van der Waals surface area contributed by atoms with Crippen LogP contribution in [0.4, 0.5) is 0 Å². The quantitative estimate of drug-likeness (QED) is 0.178. The molecule has 226 valence electrons. The Morgan fingerprint density at radius 2 is 0.935 bits per heavy atom. The number of aromatic nitrogens is 4. The summed E-state index contributed by atoms with van der Waals surface area (Å²) in [7, 11) is 0. The molecule has 0 aliphatic heterocycles. The molecular formula is C39H32N4O3. The summed E-state index contributed by atoms with van der Waals surface area (Å²) in [5.41, 5.74) is 5.57. The molecule has 7 aromatic rings. The summed E-state index contributed by atoms with van der Waals surface area (Å²) >= 11 is 0. The van der Waals surface area contributed by atoms with E-state index in [4.69, 9.17) is 4.74 Å². The Morgan fingerprint density at radius 3 is 1.33 bits per heavy atom. The number of H-pyrrole nitrogens is 2. The van der Waals surface area contributed by atoms with Crippen molar-refractivity contribution < 1.29 is 4.74 Å². The van der Waals surface area contributed by atoms with Gasteiger partial charge in [-0.2, -0.15) is 0 Å². The molecule has 0 aliphatic carbocycles. The minimum absolute atomic E-state index is 0.241. The first kappa shape index (κ1) is 28.7. The molecule has 5 aromatic carbocycles. The minimum Gasteiger partial charge on any atom is -0.494 e. The van der Waals surface area contributed by atoms with E-state index < -0.39 is 5.92 Å². The summed E-state index contributed by atoms with van der Waals surface area (Å²) < 4.78 is 8.88. The zero-order valence-electron chi connectivity index (χ0n) is 25.3. The van der Waals surface area contributed by atoms with Crippen LogP contribution in [0.3, 0.4) is 0 Å². The third-order valence-corrected chi connectivity index (χ3v) is 8.11. The standard InChI is InChI=1S/C39H32N4O3/c1-2-46-32-25-23-27(24-26-32)33(34-36(28-15-7-3-8-16-28)40-42(38(34)44)30-19-11-5-12-20-30)35-37(29-17-9-4-10-18-29)41-43(39(35)45)31-21-13-6-14-22-31/h3-26,33,40-41H,2H2,1H3. The van der Waals surface area contributed by atoms with Crippen molar-refractivity contribution in [2.75, 3.05) is 6.61 Å². The topological polar surface area (TPSA) is 84.8 Å². The number of benzene rings is 5. The fourth-order valence-electron chi connectivity index (χ4n) is 6.00. The van der Waals surface area contributed by atoms with Crippen molar-refractivity contribution >= 4 is 0 Å². The highest BCUT2D eigenvalue weighted by molar-refractivity contribution is 5.71. The molecule has 0 saturated heterocycles. The van der Waals surface area contributed by atoms with Gasteiger partial charge in [0.25, 0.3) is 11.1 Å². The van der Waals surface area contributed by atoms with E-state index >= 15 is 0 Å². The Kier molecular flexibility index (Phi) is 7.79. The highest BCUT2D eigenvalue weighted by Crippen LogP contribution is 2.39. The van der Waals surface area contributed by atoms with Gasteiger partial charge in [0.15, 0.2) is 0 Å². The molecule has 0 radical (unpaired) electrons. The molecule has 0 saturated carbocycles. The lowest BCUT2D eigenvalue weighted by Gasteiger charge is -2.18. The summed E-state index contributed by atoms with van der Waals surface area (Å²) in [6.45, 7) is 2.46. The molecule has 2 heterocycles. The summed E-state index contributed by atoms with van der Waals surface area (Å²) in [4.78, 5) is 29.5. The van der Waals surface area contributed by atoms with Gasteiger partial charge in [-0.25, -0.2) is 9.36 Å². The van der Waals surface area contributed by atoms with Gasteiger partial charge in [0.2, 0.25) is 0 Å². The molecule has 2 N–H and O–H groups in total. The molecule has 0 bridgehead atoms.